The van der Waals surface area contributed by atoms with E-state index < -0.39 is 4.92 Å². The van der Waals surface area contributed by atoms with Gasteiger partial charge in [-0.25, -0.2) is 4.39 Å². The molecule has 0 saturated heterocycles. The first-order chi connectivity index (χ1) is 9.60. The molecule has 0 fully saturated rings. The van der Waals surface area contributed by atoms with Gasteiger partial charge in [0.1, 0.15) is 11.6 Å². The minimum absolute atomic E-state index is 0.00158. The van der Waals surface area contributed by atoms with E-state index in [1.165, 1.54) is 31.4 Å². The van der Waals surface area contributed by atoms with Gasteiger partial charge in [0.15, 0.2) is 0 Å². The zero-order chi connectivity index (χ0) is 14.5. The van der Waals surface area contributed by atoms with Crippen LogP contribution >= 0.6 is 0 Å². The summed E-state index contributed by atoms with van der Waals surface area (Å²) in [7, 11) is 1.50. The number of halogens is 1. The molecule has 0 heterocycles. The number of rotatable bonds is 5. The molecule has 2 aromatic rings. The molecule has 0 unspecified atom stereocenters. The Kier molecular flexibility index (Phi) is 4.14. The predicted octanol–water partition coefficient (Wildman–Crippen LogP) is 3.35. The summed E-state index contributed by atoms with van der Waals surface area (Å²) in [6, 6.07) is 10.3. The van der Waals surface area contributed by atoms with E-state index in [1.807, 2.05) is 0 Å². The number of ether oxygens (including phenoxy) is 1. The number of anilines is 1. The van der Waals surface area contributed by atoms with E-state index in [4.69, 9.17) is 4.74 Å². The number of nitrogens with zero attached hydrogens (tertiary/aromatic N) is 1. The van der Waals surface area contributed by atoms with Crippen LogP contribution in [0.15, 0.2) is 42.5 Å². The fourth-order valence-electron chi connectivity index (χ4n) is 1.78. The quantitative estimate of drug-likeness (QED) is 0.671. The van der Waals surface area contributed by atoms with Crippen LogP contribution in [-0.2, 0) is 6.54 Å². The molecule has 6 heteroatoms. The van der Waals surface area contributed by atoms with Crippen LogP contribution in [-0.4, -0.2) is 12.0 Å². The number of non-ortho nitro benzene ring substituents is 1. The highest BCUT2D eigenvalue weighted by atomic mass is 19.1. The second-order valence-electron chi connectivity index (χ2n) is 4.11. The molecule has 104 valence electrons. The topological polar surface area (TPSA) is 64.4 Å². The van der Waals surface area contributed by atoms with Crippen LogP contribution in [0, 0.1) is 15.9 Å². The number of nitrogens with one attached hydrogen (secondary N) is 1. The van der Waals surface area contributed by atoms with Crippen LogP contribution in [0.1, 0.15) is 5.56 Å². The monoisotopic (exact) mass is 276 g/mol. The Morgan fingerprint density at radius 2 is 1.95 bits per heavy atom. The number of nitro benzene ring substituents is 1. The summed E-state index contributed by atoms with van der Waals surface area (Å²) in [5, 5.41) is 13.8. The van der Waals surface area contributed by atoms with Gasteiger partial charge in [0, 0.05) is 29.9 Å². The maximum absolute atomic E-state index is 12.8. The molecule has 0 aliphatic rings. The van der Waals surface area contributed by atoms with Gasteiger partial charge in [-0.3, -0.25) is 10.1 Å². The molecular weight excluding hydrogens is 263 g/mol. The third-order valence-electron chi connectivity index (χ3n) is 2.80. The Morgan fingerprint density at radius 1 is 1.25 bits per heavy atom. The molecular formula is C14H13FN2O3. The second kappa shape index (κ2) is 6.01. The molecule has 0 aliphatic heterocycles. The Balaban J connectivity index is 2.16. The lowest BCUT2D eigenvalue weighted by atomic mass is 10.1. The van der Waals surface area contributed by atoms with E-state index in [9.17, 15) is 14.5 Å². The lowest BCUT2D eigenvalue weighted by molar-refractivity contribution is -0.384. The summed E-state index contributed by atoms with van der Waals surface area (Å²) in [6.07, 6.45) is 0. The van der Waals surface area contributed by atoms with Gasteiger partial charge in [0.05, 0.1) is 12.0 Å². The first kappa shape index (κ1) is 13.8. The lowest BCUT2D eigenvalue weighted by Crippen LogP contribution is -2.02. The summed E-state index contributed by atoms with van der Waals surface area (Å²) in [4.78, 5) is 10.3. The molecule has 0 aromatic heterocycles. The first-order valence-corrected chi connectivity index (χ1v) is 5.91. The third kappa shape index (κ3) is 3.23. The molecule has 1 N–H and O–H groups in total. The summed E-state index contributed by atoms with van der Waals surface area (Å²) in [6.45, 7) is 0.344. The number of nitro groups is 1. The van der Waals surface area contributed by atoms with Gasteiger partial charge in [0.2, 0.25) is 0 Å². The average molecular weight is 276 g/mol. The summed E-state index contributed by atoms with van der Waals surface area (Å²) in [5.74, 6) is 0.244. The average Bonchev–Trinajstić information content (AvgIpc) is 2.46. The molecule has 2 aromatic carbocycles. The zero-order valence-corrected chi connectivity index (χ0v) is 10.8. The van der Waals surface area contributed by atoms with E-state index in [-0.39, 0.29) is 11.5 Å². The molecule has 0 saturated carbocycles. The van der Waals surface area contributed by atoms with Crippen LogP contribution in [0.3, 0.4) is 0 Å². The van der Waals surface area contributed by atoms with Crippen molar-refractivity contribution in [1.29, 1.82) is 0 Å². The number of hydrogen-bond donors (Lipinski definition) is 1. The number of hydrogen-bond acceptors (Lipinski definition) is 4. The van der Waals surface area contributed by atoms with Gasteiger partial charge in [-0.2, -0.15) is 0 Å². The van der Waals surface area contributed by atoms with Crippen molar-refractivity contribution < 1.29 is 14.1 Å². The van der Waals surface area contributed by atoms with Crippen molar-refractivity contribution in [2.75, 3.05) is 12.4 Å². The van der Waals surface area contributed by atoms with Gasteiger partial charge in [0.25, 0.3) is 5.69 Å². The minimum atomic E-state index is -0.458. The summed E-state index contributed by atoms with van der Waals surface area (Å²) < 4.78 is 18.0. The Labute approximate surface area is 115 Å². The summed E-state index contributed by atoms with van der Waals surface area (Å²) in [5.41, 5.74) is 1.38. The highest BCUT2D eigenvalue weighted by Crippen LogP contribution is 2.24. The third-order valence-corrected chi connectivity index (χ3v) is 2.80. The Bertz CT molecular complexity index is 614. The van der Waals surface area contributed by atoms with Crippen LogP contribution in [0.5, 0.6) is 5.75 Å². The van der Waals surface area contributed by atoms with Crippen molar-refractivity contribution in [1.82, 2.24) is 0 Å². The molecule has 0 spiro atoms. The molecule has 0 atom stereocenters. The van der Waals surface area contributed by atoms with Crippen LogP contribution in [0.2, 0.25) is 0 Å². The SMILES string of the molecule is COc1ccc([N+](=O)[O-])cc1CNc1ccc(F)cc1. The maximum Gasteiger partial charge on any atom is 0.270 e. The fourth-order valence-corrected chi connectivity index (χ4v) is 1.78. The van der Waals surface area contributed by atoms with Crippen molar-refractivity contribution >= 4 is 11.4 Å². The minimum Gasteiger partial charge on any atom is -0.496 e. The first-order valence-electron chi connectivity index (χ1n) is 5.91. The fraction of sp³-hybridized carbons (Fsp3) is 0.143. The van der Waals surface area contributed by atoms with Gasteiger partial charge < -0.3 is 10.1 Å². The number of methoxy groups -OCH3 is 1. The van der Waals surface area contributed by atoms with Crippen molar-refractivity contribution in [3.05, 3.63) is 64.0 Å². The predicted molar refractivity (Wildman–Crippen MR) is 73.4 cm³/mol. The second-order valence-corrected chi connectivity index (χ2v) is 4.11. The molecule has 0 radical (unpaired) electrons. The van der Waals surface area contributed by atoms with Crippen molar-refractivity contribution in [2.45, 2.75) is 6.54 Å². The smallest absolute Gasteiger partial charge is 0.270 e. The maximum atomic E-state index is 12.8. The Hall–Kier alpha value is -2.63. The molecule has 20 heavy (non-hydrogen) atoms. The highest BCUT2D eigenvalue weighted by Gasteiger charge is 2.11. The van der Waals surface area contributed by atoms with Crippen LogP contribution in [0.4, 0.5) is 15.8 Å². The molecule has 2 rings (SSSR count). The van der Waals surface area contributed by atoms with Gasteiger partial charge >= 0.3 is 0 Å². The van der Waals surface area contributed by atoms with E-state index in [0.717, 1.165) is 5.69 Å². The zero-order valence-electron chi connectivity index (χ0n) is 10.8. The lowest BCUT2D eigenvalue weighted by Gasteiger charge is -2.10. The van der Waals surface area contributed by atoms with Crippen molar-refractivity contribution in [3.8, 4) is 5.75 Å². The largest absolute Gasteiger partial charge is 0.496 e. The molecule has 5 nitrogen and oxygen atoms in total. The van der Waals surface area contributed by atoms with Crippen molar-refractivity contribution in [3.63, 3.8) is 0 Å². The highest BCUT2D eigenvalue weighted by molar-refractivity contribution is 5.48. The van der Waals surface area contributed by atoms with E-state index in [2.05, 4.69) is 5.32 Å². The standard InChI is InChI=1S/C14H13FN2O3/c1-20-14-7-6-13(17(18)19)8-10(14)9-16-12-4-2-11(15)3-5-12/h2-8,16H,9H2,1H3. The van der Waals surface area contributed by atoms with Gasteiger partial charge in [-0.05, 0) is 30.3 Å². The van der Waals surface area contributed by atoms with E-state index in [1.54, 1.807) is 18.2 Å². The van der Waals surface area contributed by atoms with Gasteiger partial charge in [-0.15, -0.1) is 0 Å². The normalized spacial score (nSPS) is 10.1. The van der Waals surface area contributed by atoms with Crippen LogP contribution < -0.4 is 10.1 Å². The summed E-state index contributed by atoms with van der Waals surface area (Å²) >= 11 is 0. The van der Waals surface area contributed by atoms with Crippen molar-refractivity contribution in [2.24, 2.45) is 0 Å². The number of benzene rings is 2. The van der Waals surface area contributed by atoms with Crippen LogP contribution in [0.25, 0.3) is 0 Å². The molecule has 0 amide bonds. The van der Waals surface area contributed by atoms with Gasteiger partial charge in [-0.1, -0.05) is 0 Å². The van der Waals surface area contributed by atoms with E-state index >= 15 is 0 Å². The Morgan fingerprint density at radius 3 is 2.55 bits per heavy atom. The van der Waals surface area contributed by atoms with E-state index in [0.29, 0.717) is 17.9 Å². The molecule has 0 aliphatic carbocycles. The molecule has 0 bridgehead atoms.